The van der Waals surface area contributed by atoms with Gasteiger partial charge in [0.15, 0.2) is 0 Å². The second kappa shape index (κ2) is 9.22. The van der Waals surface area contributed by atoms with E-state index < -0.39 is 0 Å². The molecule has 2 aliphatic carbocycles. The molecule has 0 radical (unpaired) electrons. The van der Waals surface area contributed by atoms with Crippen LogP contribution in [0.3, 0.4) is 0 Å². The first kappa shape index (κ1) is 23.6. The summed E-state index contributed by atoms with van der Waals surface area (Å²) >= 11 is 0. The molecule has 0 spiro atoms. The van der Waals surface area contributed by atoms with Crippen LogP contribution in [0.4, 0.5) is 0 Å². The number of allylic oxidation sites excluding steroid dienone is 2. The van der Waals surface area contributed by atoms with E-state index in [1.165, 1.54) is 43.9 Å². The van der Waals surface area contributed by atoms with Crippen LogP contribution in [0.15, 0.2) is 42.0 Å². The largest absolute Gasteiger partial charge is 0.489 e. The maximum Gasteiger partial charge on any atom is 0.337 e. The molecule has 2 aliphatic rings. The van der Waals surface area contributed by atoms with E-state index in [2.05, 4.69) is 47.3 Å². The number of hydrogen-bond donors (Lipinski definition) is 0. The van der Waals surface area contributed by atoms with E-state index in [1.807, 2.05) is 18.2 Å². The first-order valence-electron chi connectivity index (χ1n) is 11.8. The summed E-state index contributed by atoms with van der Waals surface area (Å²) in [5, 5.41) is 0. The maximum atomic E-state index is 12.3. The molecule has 0 N–H and O–H groups in total. The minimum Gasteiger partial charge on any atom is -0.489 e. The van der Waals surface area contributed by atoms with Gasteiger partial charge in [0.05, 0.1) is 12.7 Å². The van der Waals surface area contributed by atoms with Gasteiger partial charge >= 0.3 is 5.97 Å². The molecule has 0 bridgehead atoms. The standard InChI is InChI=1S/C28H40O3/c1-19(2)14-16-31-24-12-11-22(26(29)30-7)17-23(24)18-28(6)21(4)13-15-27(5)20(3)9-8-10-25(27)28/h11-12,14,17,21,25H,3,8-10,13,15-16,18H2,1-2,4-7H3/t21-,25+,27+,28+/m0/s1. The number of methoxy groups -OCH3 is 1. The third-order valence-corrected chi connectivity index (χ3v) is 8.35. The van der Waals surface area contributed by atoms with Crippen molar-refractivity contribution in [1.29, 1.82) is 0 Å². The van der Waals surface area contributed by atoms with Crippen molar-refractivity contribution >= 4 is 5.97 Å². The summed E-state index contributed by atoms with van der Waals surface area (Å²) in [7, 11) is 1.44. The number of carbonyl (C=O) groups excluding carboxylic acids is 1. The van der Waals surface area contributed by atoms with Crippen LogP contribution in [0.25, 0.3) is 0 Å². The number of rotatable bonds is 6. The Bertz CT molecular complexity index is 863. The summed E-state index contributed by atoms with van der Waals surface area (Å²) in [5.74, 6) is 1.77. The predicted molar refractivity (Wildman–Crippen MR) is 128 cm³/mol. The van der Waals surface area contributed by atoms with Crippen molar-refractivity contribution in [2.75, 3.05) is 13.7 Å². The Morgan fingerprint density at radius 1 is 1.26 bits per heavy atom. The van der Waals surface area contributed by atoms with Crippen molar-refractivity contribution in [3.05, 3.63) is 53.1 Å². The highest BCUT2D eigenvalue weighted by atomic mass is 16.5. The Morgan fingerprint density at radius 2 is 2.00 bits per heavy atom. The lowest BCUT2D eigenvalue weighted by molar-refractivity contribution is -0.0491. The molecule has 0 heterocycles. The van der Waals surface area contributed by atoms with E-state index in [0.717, 1.165) is 24.2 Å². The van der Waals surface area contributed by atoms with Crippen molar-refractivity contribution in [1.82, 2.24) is 0 Å². The zero-order valence-corrected chi connectivity index (χ0v) is 20.3. The monoisotopic (exact) mass is 424 g/mol. The highest BCUT2D eigenvalue weighted by Gasteiger charge is 2.54. The molecule has 2 fully saturated rings. The Balaban J connectivity index is 2.00. The van der Waals surface area contributed by atoms with Crippen molar-refractivity contribution in [2.24, 2.45) is 22.7 Å². The van der Waals surface area contributed by atoms with Gasteiger partial charge in [-0.05, 0) is 105 Å². The van der Waals surface area contributed by atoms with E-state index in [-0.39, 0.29) is 16.8 Å². The van der Waals surface area contributed by atoms with Crippen molar-refractivity contribution in [2.45, 2.75) is 73.1 Å². The second-order valence-corrected chi connectivity index (χ2v) is 10.5. The predicted octanol–water partition coefficient (Wildman–Crippen LogP) is 7.16. The summed E-state index contributed by atoms with van der Waals surface area (Å²) in [6.45, 7) is 16.5. The number of ether oxygens (including phenoxy) is 2. The quantitative estimate of drug-likeness (QED) is 0.359. The van der Waals surface area contributed by atoms with E-state index in [4.69, 9.17) is 9.47 Å². The molecule has 1 aromatic carbocycles. The minimum atomic E-state index is -0.296. The molecule has 3 heteroatoms. The molecule has 0 unspecified atom stereocenters. The van der Waals surface area contributed by atoms with Crippen molar-refractivity contribution in [3.8, 4) is 5.75 Å². The van der Waals surface area contributed by atoms with Crippen LogP contribution in [0.2, 0.25) is 0 Å². The number of esters is 1. The fourth-order valence-corrected chi connectivity index (χ4v) is 6.08. The van der Waals surface area contributed by atoms with Crippen LogP contribution in [0.5, 0.6) is 5.75 Å². The molecule has 0 saturated heterocycles. The normalized spacial score (nSPS) is 30.3. The average Bonchev–Trinajstić information content (AvgIpc) is 2.73. The van der Waals surface area contributed by atoms with Gasteiger partial charge in [0.2, 0.25) is 0 Å². The summed E-state index contributed by atoms with van der Waals surface area (Å²) < 4.78 is 11.2. The first-order valence-corrected chi connectivity index (χ1v) is 11.8. The van der Waals surface area contributed by atoms with Crippen molar-refractivity contribution in [3.63, 3.8) is 0 Å². The third-order valence-electron chi connectivity index (χ3n) is 8.35. The molecule has 170 valence electrons. The first-order chi connectivity index (χ1) is 14.6. The summed E-state index contributed by atoms with van der Waals surface area (Å²) in [6, 6.07) is 5.74. The van der Waals surface area contributed by atoms with Gasteiger partial charge in [-0.2, -0.15) is 0 Å². The number of carbonyl (C=O) groups is 1. The van der Waals surface area contributed by atoms with E-state index in [0.29, 0.717) is 24.0 Å². The Hall–Kier alpha value is -2.03. The van der Waals surface area contributed by atoms with Gasteiger partial charge in [-0.3, -0.25) is 0 Å². The van der Waals surface area contributed by atoms with Crippen LogP contribution >= 0.6 is 0 Å². The van der Waals surface area contributed by atoms with E-state index in [1.54, 1.807) is 0 Å². The maximum absolute atomic E-state index is 12.3. The lowest BCUT2D eigenvalue weighted by Crippen LogP contribution is -2.51. The fraction of sp³-hybridized carbons (Fsp3) is 0.607. The van der Waals surface area contributed by atoms with Crippen LogP contribution in [-0.2, 0) is 11.2 Å². The molecule has 0 aliphatic heterocycles. The Morgan fingerprint density at radius 3 is 2.68 bits per heavy atom. The highest BCUT2D eigenvalue weighted by molar-refractivity contribution is 5.89. The molecule has 3 nitrogen and oxygen atoms in total. The SMILES string of the molecule is C=C1CCC[C@H]2[C@](C)(Cc3cc(C(=O)OC)ccc3OCC=C(C)C)[C@@H](C)CC[C@]12C. The van der Waals surface area contributed by atoms with Crippen LogP contribution in [0, 0.1) is 22.7 Å². The molecular formula is C28H40O3. The minimum absolute atomic E-state index is 0.125. The van der Waals surface area contributed by atoms with Crippen LogP contribution in [-0.4, -0.2) is 19.7 Å². The molecule has 31 heavy (non-hydrogen) atoms. The van der Waals surface area contributed by atoms with Gasteiger partial charge < -0.3 is 9.47 Å². The molecular weight excluding hydrogens is 384 g/mol. The lowest BCUT2D eigenvalue weighted by Gasteiger charge is -2.59. The second-order valence-electron chi connectivity index (χ2n) is 10.5. The third kappa shape index (κ3) is 4.61. The van der Waals surface area contributed by atoms with E-state index in [9.17, 15) is 4.79 Å². The molecule has 4 atom stereocenters. The Labute approximate surface area is 188 Å². The van der Waals surface area contributed by atoms with Gasteiger partial charge in [0, 0.05) is 0 Å². The van der Waals surface area contributed by atoms with Gasteiger partial charge in [0.1, 0.15) is 12.4 Å². The molecule has 0 aromatic heterocycles. The number of hydrogen-bond acceptors (Lipinski definition) is 3. The zero-order valence-electron chi connectivity index (χ0n) is 20.3. The topological polar surface area (TPSA) is 35.5 Å². The fourth-order valence-electron chi connectivity index (χ4n) is 6.08. The van der Waals surface area contributed by atoms with Gasteiger partial charge in [-0.15, -0.1) is 0 Å². The number of benzene rings is 1. The Kier molecular flexibility index (Phi) is 7.03. The molecule has 3 rings (SSSR count). The summed E-state index contributed by atoms with van der Waals surface area (Å²) in [4.78, 5) is 12.3. The zero-order chi connectivity index (χ0) is 22.8. The highest BCUT2D eigenvalue weighted by Crippen LogP contribution is 2.62. The smallest absolute Gasteiger partial charge is 0.337 e. The van der Waals surface area contributed by atoms with Gasteiger partial charge in [-0.25, -0.2) is 4.79 Å². The molecule has 1 aromatic rings. The molecule has 0 amide bonds. The van der Waals surface area contributed by atoms with Crippen molar-refractivity contribution < 1.29 is 14.3 Å². The van der Waals surface area contributed by atoms with Crippen LogP contribution in [0.1, 0.15) is 82.6 Å². The number of fused-ring (bicyclic) bond motifs is 1. The molecule has 2 saturated carbocycles. The van der Waals surface area contributed by atoms with Crippen LogP contribution < -0.4 is 4.74 Å². The summed E-state index contributed by atoms with van der Waals surface area (Å²) in [6.07, 6.45) is 9.08. The van der Waals surface area contributed by atoms with E-state index >= 15 is 0 Å². The van der Waals surface area contributed by atoms with Gasteiger partial charge in [0.25, 0.3) is 0 Å². The van der Waals surface area contributed by atoms with Gasteiger partial charge in [-0.1, -0.05) is 38.5 Å². The summed E-state index contributed by atoms with van der Waals surface area (Å²) in [5.41, 5.74) is 4.71. The lowest BCUT2D eigenvalue weighted by atomic mass is 9.46. The average molecular weight is 425 g/mol.